The Morgan fingerprint density at radius 3 is 2.65 bits per heavy atom. The van der Waals surface area contributed by atoms with Gasteiger partial charge in [-0.1, -0.05) is 18.2 Å². The average Bonchev–Trinajstić information content (AvgIpc) is 3.49. The largest absolute Gasteiger partial charge is 0.435 e. The first-order chi connectivity index (χ1) is 16.2. The van der Waals surface area contributed by atoms with Crippen molar-refractivity contribution in [2.75, 3.05) is 7.05 Å². The Bertz CT molecular complexity index is 1100. The van der Waals surface area contributed by atoms with Gasteiger partial charge >= 0.3 is 6.18 Å². The minimum Gasteiger partial charge on any atom is -0.388 e. The molecule has 6 nitrogen and oxygen atoms in total. The van der Waals surface area contributed by atoms with Gasteiger partial charge in [0.15, 0.2) is 5.69 Å². The van der Waals surface area contributed by atoms with Crippen molar-refractivity contribution in [2.45, 2.75) is 44.5 Å². The highest BCUT2D eigenvalue weighted by molar-refractivity contribution is 5.94. The van der Waals surface area contributed by atoms with Gasteiger partial charge in [-0.25, -0.2) is 0 Å². The number of aliphatic hydroxyl groups excluding tert-OH is 1. The predicted octanol–water partition coefficient (Wildman–Crippen LogP) is 4.79. The molecule has 2 aromatic heterocycles. The van der Waals surface area contributed by atoms with E-state index in [0.29, 0.717) is 11.5 Å². The summed E-state index contributed by atoms with van der Waals surface area (Å²) in [5.41, 5.74) is 1.64. The van der Waals surface area contributed by atoms with Gasteiger partial charge < -0.3 is 10.0 Å². The minimum atomic E-state index is -4.52. The van der Waals surface area contributed by atoms with E-state index in [1.165, 1.54) is 11.9 Å². The average molecular weight is 473 g/mol. The summed E-state index contributed by atoms with van der Waals surface area (Å²) in [4.78, 5) is 18.1. The maximum absolute atomic E-state index is 12.7. The smallest absolute Gasteiger partial charge is 0.388 e. The molecule has 0 radical (unpaired) electrons. The van der Waals surface area contributed by atoms with Gasteiger partial charge in [0.2, 0.25) is 0 Å². The van der Waals surface area contributed by atoms with Gasteiger partial charge in [-0.2, -0.15) is 18.3 Å². The van der Waals surface area contributed by atoms with Crippen molar-refractivity contribution in [3.63, 3.8) is 0 Å². The van der Waals surface area contributed by atoms with Crippen molar-refractivity contribution in [1.29, 1.82) is 0 Å². The number of nitrogens with one attached hydrogen (secondary N) is 1. The van der Waals surface area contributed by atoms with E-state index in [0.717, 1.165) is 42.9 Å². The van der Waals surface area contributed by atoms with Crippen LogP contribution in [0.1, 0.15) is 58.2 Å². The highest BCUT2D eigenvalue weighted by atomic mass is 19.4. The zero-order valence-electron chi connectivity index (χ0n) is 18.8. The minimum absolute atomic E-state index is 0.00755. The summed E-state index contributed by atoms with van der Waals surface area (Å²) in [6.07, 6.45) is 2.19. The normalized spacial score (nSPS) is 19.2. The third-order valence-electron chi connectivity index (χ3n) is 6.46. The van der Waals surface area contributed by atoms with E-state index in [2.05, 4.69) is 15.2 Å². The Kier molecular flexibility index (Phi) is 7.02. The van der Waals surface area contributed by atoms with Crippen LogP contribution in [0.3, 0.4) is 0 Å². The number of hydrogen-bond acceptors (Lipinski definition) is 4. The zero-order chi connectivity index (χ0) is 24.3. The topological polar surface area (TPSA) is 82.1 Å². The van der Waals surface area contributed by atoms with Crippen LogP contribution in [0.2, 0.25) is 0 Å². The summed E-state index contributed by atoms with van der Waals surface area (Å²) in [7, 11) is 1.54. The SMILES string of the molecule is CN(Cc1cc(C(F)(F)F)n[nH]1)C(=O)c1ccc(C[C@@H]2CC[C@H]([C@H](O)c3cccnc3)C2)cc1. The summed E-state index contributed by atoms with van der Waals surface area (Å²) in [5.74, 6) is 0.392. The molecule has 1 amide bonds. The first kappa shape index (κ1) is 23.9. The van der Waals surface area contributed by atoms with Crippen molar-refractivity contribution in [2.24, 2.45) is 11.8 Å². The van der Waals surface area contributed by atoms with Crippen LogP contribution in [-0.2, 0) is 19.1 Å². The van der Waals surface area contributed by atoms with Gasteiger partial charge in [-0.05, 0) is 72.9 Å². The van der Waals surface area contributed by atoms with Gasteiger partial charge in [0.25, 0.3) is 5.91 Å². The number of rotatable bonds is 7. The second-order valence-corrected chi connectivity index (χ2v) is 9.01. The van der Waals surface area contributed by atoms with Crippen LogP contribution < -0.4 is 0 Å². The molecule has 1 aromatic carbocycles. The molecule has 1 aliphatic carbocycles. The van der Waals surface area contributed by atoms with Crippen molar-refractivity contribution in [3.05, 3.63) is 82.9 Å². The molecule has 3 atom stereocenters. The molecule has 0 spiro atoms. The molecule has 0 unspecified atom stereocenters. The molecule has 2 heterocycles. The highest BCUT2D eigenvalue weighted by Gasteiger charge is 2.34. The molecule has 4 rings (SSSR count). The Morgan fingerprint density at radius 1 is 1.24 bits per heavy atom. The third kappa shape index (κ3) is 5.64. The maximum Gasteiger partial charge on any atom is 0.435 e. The number of halogens is 3. The van der Waals surface area contributed by atoms with Crippen LogP contribution in [0, 0.1) is 11.8 Å². The van der Waals surface area contributed by atoms with Crippen molar-refractivity contribution in [3.8, 4) is 0 Å². The molecule has 3 aromatic rings. The van der Waals surface area contributed by atoms with E-state index in [9.17, 15) is 23.1 Å². The maximum atomic E-state index is 12.7. The van der Waals surface area contributed by atoms with E-state index >= 15 is 0 Å². The number of benzene rings is 1. The number of nitrogens with zero attached hydrogens (tertiary/aromatic N) is 3. The summed E-state index contributed by atoms with van der Waals surface area (Å²) in [6, 6.07) is 12.0. The number of hydrogen-bond donors (Lipinski definition) is 2. The molecule has 2 N–H and O–H groups in total. The van der Waals surface area contributed by atoms with Crippen LogP contribution in [0.4, 0.5) is 13.2 Å². The molecule has 1 saturated carbocycles. The number of aromatic nitrogens is 3. The Hall–Kier alpha value is -3.20. The number of carbonyl (C=O) groups excluding carboxylic acids is 1. The van der Waals surface area contributed by atoms with Crippen LogP contribution in [0.5, 0.6) is 0 Å². The van der Waals surface area contributed by atoms with Crippen molar-refractivity contribution in [1.82, 2.24) is 20.1 Å². The molecule has 1 fully saturated rings. The van der Waals surface area contributed by atoms with E-state index in [-0.39, 0.29) is 24.1 Å². The number of amides is 1. The monoisotopic (exact) mass is 472 g/mol. The first-order valence-electron chi connectivity index (χ1n) is 11.2. The molecular weight excluding hydrogens is 445 g/mol. The summed E-state index contributed by atoms with van der Waals surface area (Å²) < 4.78 is 38.1. The lowest BCUT2D eigenvalue weighted by Gasteiger charge is -2.18. The van der Waals surface area contributed by atoms with E-state index in [1.807, 2.05) is 24.3 Å². The lowest BCUT2D eigenvalue weighted by Crippen LogP contribution is -2.26. The van der Waals surface area contributed by atoms with Crippen LogP contribution in [0.15, 0.2) is 54.9 Å². The molecule has 0 saturated heterocycles. The summed E-state index contributed by atoms with van der Waals surface area (Å²) in [5, 5.41) is 16.3. The van der Waals surface area contributed by atoms with E-state index < -0.39 is 18.0 Å². The summed E-state index contributed by atoms with van der Waals surface area (Å²) >= 11 is 0. The fourth-order valence-electron chi connectivity index (χ4n) is 4.66. The second-order valence-electron chi connectivity index (χ2n) is 9.01. The van der Waals surface area contributed by atoms with Crippen molar-refractivity contribution >= 4 is 5.91 Å². The van der Waals surface area contributed by atoms with Gasteiger partial charge in [-0.15, -0.1) is 0 Å². The summed E-state index contributed by atoms with van der Waals surface area (Å²) in [6.45, 7) is -0.00755. The lowest BCUT2D eigenvalue weighted by atomic mass is 9.92. The first-order valence-corrected chi connectivity index (χ1v) is 11.2. The van der Waals surface area contributed by atoms with Gasteiger partial charge in [0.1, 0.15) is 0 Å². The molecule has 0 bridgehead atoms. The molecule has 34 heavy (non-hydrogen) atoms. The number of alkyl halides is 3. The number of pyridine rings is 1. The van der Waals surface area contributed by atoms with E-state index in [4.69, 9.17) is 0 Å². The molecular formula is C25H27F3N4O2. The standard InChI is InChI=1S/C25H27F3N4O2/c1-32(15-21-13-22(31-30-21)25(26,27)28)24(34)18-7-4-16(5-8-18)11-17-6-9-19(12-17)23(33)20-3-2-10-29-14-20/h2-5,7-8,10,13-14,17,19,23,33H,6,9,11-12,15H2,1H3,(H,30,31)/t17-,19-,23-/m0/s1. The van der Waals surface area contributed by atoms with Gasteiger partial charge in [0.05, 0.1) is 18.3 Å². The number of H-pyrrole nitrogens is 1. The Labute approximate surface area is 195 Å². The molecule has 180 valence electrons. The Balaban J connectivity index is 1.30. The Morgan fingerprint density at radius 2 is 2.00 bits per heavy atom. The molecule has 9 heteroatoms. The van der Waals surface area contributed by atoms with Crippen LogP contribution >= 0.6 is 0 Å². The highest BCUT2D eigenvalue weighted by Crippen LogP contribution is 2.40. The van der Waals surface area contributed by atoms with Crippen molar-refractivity contribution < 1.29 is 23.1 Å². The molecule has 0 aliphatic heterocycles. The molecule has 1 aliphatic rings. The number of aromatic amines is 1. The third-order valence-corrected chi connectivity index (χ3v) is 6.46. The fraction of sp³-hybridized carbons (Fsp3) is 0.400. The predicted molar refractivity (Wildman–Crippen MR) is 120 cm³/mol. The lowest BCUT2D eigenvalue weighted by molar-refractivity contribution is -0.141. The zero-order valence-corrected chi connectivity index (χ0v) is 18.8. The quantitative estimate of drug-likeness (QED) is 0.518. The fourth-order valence-corrected chi connectivity index (χ4v) is 4.66. The van der Waals surface area contributed by atoms with Crippen LogP contribution in [0.25, 0.3) is 0 Å². The van der Waals surface area contributed by atoms with Gasteiger partial charge in [-0.3, -0.25) is 14.9 Å². The van der Waals surface area contributed by atoms with Crippen LogP contribution in [-0.4, -0.2) is 38.1 Å². The number of carbonyl (C=O) groups is 1. The number of aliphatic hydroxyl groups is 1. The second kappa shape index (κ2) is 9.97. The van der Waals surface area contributed by atoms with E-state index in [1.54, 1.807) is 24.5 Å². The van der Waals surface area contributed by atoms with Gasteiger partial charge in [0, 0.05) is 25.0 Å².